The molecule has 16 heavy (non-hydrogen) atoms. The Morgan fingerprint density at radius 3 is 2.56 bits per heavy atom. The summed E-state index contributed by atoms with van der Waals surface area (Å²) in [5.41, 5.74) is 0.995. The first-order chi connectivity index (χ1) is 7.29. The zero-order chi connectivity index (χ0) is 12.3. The van der Waals surface area contributed by atoms with E-state index < -0.39 is 18.7 Å². The number of rotatable bonds is 4. The maximum absolute atomic E-state index is 11.9. The Morgan fingerprint density at radius 2 is 2.12 bits per heavy atom. The molecule has 1 N–H and O–H groups in total. The number of thiophene rings is 1. The molecule has 0 bridgehead atoms. The Bertz CT molecular complexity index is 329. The van der Waals surface area contributed by atoms with Crippen molar-refractivity contribution >= 4 is 27.3 Å². The number of halogens is 4. The lowest BCUT2D eigenvalue weighted by atomic mass is 10.1. The van der Waals surface area contributed by atoms with Gasteiger partial charge in [-0.15, -0.1) is 11.3 Å². The van der Waals surface area contributed by atoms with E-state index in [4.69, 9.17) is 0 Å². The number of aliphatic hydroxyl groups is 1. The maximum Gasteiger partial charge on any atom is 0.389 e. The van der Waals surface area contributed by atoms with Crippen molar-refractivity contribution in [3.8, 4) is 0 Å². The van der Waals surface area contributed by atoms with Crippen LogP contribution in [0.4, 0.5) is 13.2 Å². The minimum absolute atomic E-state index is 0.0424. The van der Waals surface area contributed by atoms with E-state index in [1.54, 1.807) is 6.07 Å². The van der Waals surface area contributed by atoms with E-state index in [-0.39, 0.29) is 12.8 Å². The molecule has 0 aromatic carbocycles. The Hall–Kier alpha value is -0.0700. The van der Waals surface area contributed by atoms with Crippen molar-refractivity contribution in [3.05, 3.63) is 20.3 Å². The smallest absolute Gasteiger partial charge is 0.388 e. The van der Waals surface area contributed by atoms with Crippen LogP contribution in [0.2, 0.25) is 0 Å². The molecule has 0 amide bonds. The van der Waals surface area contributed by atoms with Crippen LogP contribution in [0.5, 0.6) is 0 Å². The molecule has 1 nitrogen and oxygen atoms in total. The standard InChI is InChI=1S/C10H12BrF3OS/c1-6-5-8(16-9(6)11)7(15)3-2-4-10(12,13)14/h5,7,15H,2-4H2,1H3. The highest BCUT2D eigenvalue weighted by Crippen LogP contribution is 2.34. The molecule has 92 valence electrons. The minimum Gasteiger partial charge on any atom is -0.388 e. The van der Waals surface area contributed by atoms with E-state index in [2.05, 4.69) is 15.9 Å². The summed E-state index contributed by atoms with van der Waals surface area (Å²) in [5, 5.41) is 9.68. The second-order valence-electron chi connectivity index (χ2n) is 3.63. The van der Waals surface area contributed by atoms with Crippen molar-refractivity contribution in [1.29, 1.82) is 0 Å². The van der Waals surface area contributed by atoms with E-state index in [0.29, 0.717) is 4.88 Å². The highest BCUT2D eigenvalue weighted by Gasteiger charge is 2.26. The molecule has 1 heterocycles. The SMILES string of the molecule is Cc1cc(C(O)CCCC(F)(F)F)sc1Br. The fraction of sp³-hybridized carbons (Fsp3) is 0.600. The zero-order valence-electron chi connectivity index (χ0n) is 8.64. The van der Waals surface area contributed by atoms with Crippen LogP contribution in [-0.4, -0.2) is 11.3 Å². The molecule has 0 saturated heterocycles. The van der Waals surface area contributed by atoms with Gasteiger partial charge in [0.2, 0.25) is 0 Å². The van der Waals surface area contributed by atoms with Crippen LogP contribution < -0.4 is 0 Å². The Labute approximate surface area is 104 Å². The fourth-order valence-electron chi connectivity index (χ4n) is 1.29. The third kappa shape index (κ3) is 4.43. The number of aliphatic hydroxyl groups excluding tert-OH is 1. The lowest BCUT2D eigenvalue weighted by Crippen LogP contribution is -2.07. The summed E-state index contributed by atoms with van der Waals surface area (Å²) in [4.78, 5) is 0.714. The summed E-state index contributed by atoms with van der Waals surface area (Å²) in [5.74, 6) is 0. The van der Waals surface area contributed by atoms with Gasteiger partial charge in [0.15, 0.2) is 0 Å². The van der Waals surface area contributed by atoms with Crippen LogP contribution >= 0.6 is 27.3 Å². The van der Waals surface area contributed by atoms with Gasteiger partial charge in [-0.3, -0.25) is 0 Å². The molecule has 6 heteroatoms. The number of hydrogen-bond acceptors (Lipinski definition) is 2. The zero-order valence-corrected chi connectivity index (χ0v) is 11.0. The Balaban J connectivity index is 2.44. The molecular weight excluding hydrogens is 305 g/mol. The fourth-order valence-corrected chi connectivity index (χ4v) is 2.88. The molecule has 0 fully saturated rings. The summed E-state index contributed by atoms with van der Waals surface area (Å²) in [6.45, 7) is 1.88. The molecule has 0 aliphatic carbocycles. The molecule has 1 unspecified atom stereocenters. The average molecular weight is 317 g/mol. The van der Waals surface area contributed by atoms with Crippen molar-refractivity contribution in [2.24, 2.45) is 0 Å². The molecule has 1 atom stereocenters. The van der Waals surface area contributed by atoms with Crippen LogP contribution in [-0.2, 0) is 0 Å². The third-order valence-corrected chi connectivity index (χ3v) is 4.38. The van der Waals surface area contributed by atoms with Crippen LogP contribution in [0.15, 0.2) is 9.85 Å². The molecule has 0 saturated carbocycles. The summed E-state index contributed by atoms with van der Waals surface area (Å²) in [7, 11) is 0. The highest BCUT2D eigenvalue weighted by molar-refractivity contribution is 9.11. The number of alkyl halides is 3. The summed E-state index contributed by atoms with van der Waals surface area (Å²) in [6.07, 6.45) is -5.66. The predicted octanol–water partition coefficient (Wildman–Crippen LogP) is 4.59. The number of aryl methyl sites for hydroxylation is 1. The van der Waals surface area contributed by atoms with Gasteiger partial charge in [-0.25, -0.2) is 0 Å². The van der Waals surface area contributed by atoms with Gasteiger partial charge in [-0.05, 0) is 47.3 Å². The van der Waals surface area contributed by atoms with Crippen molar-refractivity contribution < 1.29 is 18.3 Å². The number of hydrogen-bond donors (Lipinski definition) is 1. The van der Waals surface area contributed by atoms with Crippen molar-refractivity contribution in [3.63, 3.8) is 0 Å². The Morgan fingerprint density at radius 1 is 1.50 bits per heavy atom. The average Bonchev–Trinajstić information content (AvgIpc) is 2.45. The first-order valence-corrected chi connectivity index (χ1v) is 6.41. The van der Waals surface area contributed by atoms with E-state index in [9.17, 15) is 18.3 Å². The van der Waals surface area contributed by atoms with Gasteiger partial charge in [0.05, 0.1) is 9.89 Å². The monoisotopic (exact) mass is 316 g/mol. The van der Waals surface area contributed by atoms with E-state index >= 15 is 0 Å². The molecule has 0 radical (unpaired) electrons. The lowest BCUT2D eigenvalue weighted by molar-refractivity contribution is -0.136. The van der Waals surface area contributed by atoms with Gasteiger partial charge in [0.25, 0.3) is 0 Å². The van der Waals surface area contributed by atoms with E-state index in [1.807, 2.05) is 6.92 Å². The molecule has 1 rings (SSSR count). The van der Waals surface area contributed by atoms with Gasteiger partial charge in [0, 0.05) is 11.3 Å². The summed E-state index contributed by atoms with van der Waals surface area (Å²) in [6, 6.07) is 1.80. The topological polar surface area (TPSA) is 20.2 Å². The van der Waals surface area contributed by atoms with E-state index in [0.717, 1.165) is 9.35 Å². The minimum atomic E-state index is -4.13. The first kappa shape index (κ1) is 14.0. The van der Waals surface area contributed by atoms with Crippen LogP contribution in [0.3, 0.4) is 0 Å². The lowest BCUT2D eigenvalue weighted by Gasteiger charge is -2.09. The summed E-state index contributed by atoms with van der Waals surface area (Å²) < 4.78 is 36.6. The second kappa shape index (κ2) is 5.51. The van der Waals surface area contributed by atoms with Gasteiger partial charge in [-0.1, -0.05) is 0 Å². The molecule has 0 aliphatic heterocycles. The maximum atomic E-state index is 11.9. The van der Waals surface area contributed by atoms with Crippen LogP contribution in [0.1, 0.15) is 35.8 Å². The van der Waals surface area contributed by atoms with Crippen molar-refractivity contribution in [2.75, 3.05) is 0 Å². The molecule has 0 spiro atoms. The third-order valence-electron chi connectivity index (χ3n) is 2.14. The molecule has 1 aromatic rings. The first-order valence-electron chi connectivity index (χ1n) is 4.80. The van der Waals surface area contributed by atoms with Gasteiger partial charge >= 0.3 is 6.18 Å². The van der Waals surface area contributed by atoms with Gasteiger partial charge in [-0.2, -0.15) is 13.2 Å². The van der Waals surface area contributed by atoms with E-state index in [1.165, 1.54) is 11.3 Å². The van der Waals surface area contributed by atoms with Crippen molar-refractivity contribution in [2.45, 2.75) is 38.5 Å². The molecule has 0 aliphatic rings. The highest BCUT2D eigenvalue weighted by atomic mass is 79.9. The van der Waals surface area contributed by atoms with Crippen LogP contribution in [0, 0.1) is 6.92 Å². The predicted molar refractivity (Wildman–Crippen MR) is 61.6 cm³/mol. The largest absolute Gasteiger partial charge is 0.389 e. The normalized spacial score (nSPS) is 14.1. The summed E-state index contributed by atoms with van der Waals surface area (Å²) >= 11 is 4.68. The second-order valence-corrected chi connectivity index (χ2v) is 6.03. The van der Waals surface area contributed by atoms with Crippen molar-refractivity contribution in [1.82, 2.24) is 0 Å². The Kier molecular flexibility index (Phi) is 4.82. The van der Waals surface area contributed by atoms with Crippen LogP contribution in [0.25, 0.3) is 0 Å². The molecular formula is C10H12BrF3OS. The van der Waals surface area contributed by atoms with Gasteiger partial charge < -0.3 is 5.11 Å². The van der Waals surface area contributed by atoms with Gasteiger partial charge in [0.1, 0.15) is 0 Å². The molecule has 1 aromatic heterocycles. The quantitative estimate of drug-likeness (QED) is 0.861.